The Morgan fingerprint density at radius 1 is 1.08 bits per heavy atom. The molecule has 8 nitrogen and oxygen atoms in total. The van der Waals surface area contributed by atoms with Crippen LogP contribution in [-0.4, -0.2) is 44.0 Å². The third-order valence-electron chi connectivity index (χ3n) is 5.35. The summed E-state index contributed by atoms with van der Waals surface area (Å²) in [4.78, 5) is 29.7. The van der Waals surface area contributed by atoms with E-state index in [1.165, 1.54) is 39.1 Å². The van der Waals surface area contributed by atoms with Crippen LogP contribution in [-0.2, 0) is 27.3 Å². The van der Waals surface area contributed by atoms with Gasteiger partial charge in [0.1, 0.15) is 0 Å². The third kappa shape index (κ3) is 6.03. The van der Waals surface area contributed by atoms with Crippen molar-refractivity contribution in [3.8, 4) is 22.5 Å². The Morgan fingerprint density at radius 2 is 1.86 bits per heavy atom. The number of aromatic nitrogens is 4. The molecule has 4 aromatic rings. The second-order valence-corrected chi connectivity index (χ2v) is 10.8. The number of nitrogens with one attached hydrogen (secondary N) is 1. The summed E-state index contributed by atoms with van der Waals surface area (Å²) in [5.41, 5.74) is 5.16. The van der Waals surface area contributed by atoms with Gasteiger partial charge in [0, 0.05) is 33.3 Å². The van der Waals surface area contributed by atoms with Crippen LogP contribution in [0, 0.1) is 13.8 Å². The Labute approximate surface area is 222 Å². The highest BCUT2D eigenvalue weighted by Crippen LogP contribution is 2.39. The molecule has 1 amide bonds. The lowest BCUT2D eigenvalue weighted by molar-refractivity contribution is -0.142. The lowest BCUT2D eigenvalue weighted by Crippen LogP contribution is -2.15. The van der Waals surface area contributed by atoms with Crippen LogP contribution in [0.25, 0.3) is 22.5 Å². The number of anilines is 1. The van der Waals surface area contributed by atoms with E-state index < -0.39 is 0 Å². The summed E-state index contributed by atoms with van der Waals surface area (Å²) >= 11 is 4.31. The maximum Gasteiger partial charge on any atom is 0.311 e. The van der Waals surface area contributed by atoms with Gasteiger partial charge in [-0.1, -0.05) is 41.6 Å². The van der Waals surface area contributed by atoms with Crippen molar-refractivity contribution < 1.29 is 14.3 Å². The number of thiophene rings is 1. The van der Waals surface area contributed by atoms with Crippen LogP contribution in [0.5, 0.6) is 0 Å². The fraction of sp³-hybridized carbons (Fsp3) is 0.320. The fourth-order valence-corrected chi connectivity index (χ4v) is 6.06. The standard InChI is InChI=1S/C25H27N5O3S3/c1-5-30-23(19-13-34-16(4)22(19)17-9-7-15(3)8-10-17)28-29-25(30)36-14-20(31)27-24-26-18(12-35-24)11-21(32)33-6-2/h7-10,12-13H,5-6,11,14H2,1-4H3,(H,26,27,31). The SMILES string of the molecule is CCOC(=O)Cc1csc(NC(=O)CSc2nnc(-c3csc(C)c3-c3ccc(C)cc3)n2CC)n1. The van der Waals surface area contributed by atoms with Crippen LogP contribution in [0.4, 0.5) is 5.13 Å². The molecule has 1 N–H and O–H groups in total. The Balaban J connectivity index is 1.45. The monoisotopic (exact) mass is 541 g/mol. The van der Waals surface area contributed by atoms with Gasteiger partial charge in [0.15, 0.2) is 16.1 Å². The first-order chi connectivity index (χ1) is 17.4. The number of hydrogen-bond acceptors (Lipinski definition) is 9. The number of aryl methyl sites for hydroxylation is 2. The first kappa shape index (κ1) is 26.1. The van der Waals surface area contributed by atoms with Crippen LogP contribution in [0.3, 0.4) is 0 Å². The number of thiazole rings is 1. The van der Waals surface area contributed by atoms with Crippen LogP contribution >= 0.6 is 34.4 Å². The fourth-order valence-electron chi connectivity index (χ4n) is 3.67. The summed E-state index contributed by atoms with van der Waals surface area (Å²) in [7, 11) is 0. The van der Waals surface area contributed by atoms with E-state index in [0.29, 0.717) is 29.1 Å². The molecule has 0 aliphatic carbocycles. The largest absolute Gasteiger partial charge is 0.466 e. The number of thioether (sulfide) groups is 1. The first-order valence-corrected chi connectivity index (χ1v) is 14.2. The number of amides is 1. The first-order valence-electron chi connectivity index (χ1n) is 11.5. The molecule has 1 aromatic carbocycles. The molecule has 0 bridgehead atoms. The molecule has 0 atom stereocenters. The molecule has 0 radical (unpaired) electrons. The number of benzene rings is 1. The van der Waals surface area contributed by atoms with Crippen molar-refractivity contribution in [2.75, 3.05) is 17.7 Å². The molecule has 36 heavy (non-hydrogen) atoms. The van der Waals surface area contributed by atoms with Crippen molar-refractivity contribution in [1.29, 1.82) is 0 Å². The highest BCUT2D eigenvalue weighted by atomic mass is 32.2. The molecule has 0 saturated heterocycles. The molecule has 188 valence electrons. The molecular weight excluding hydrogens is 515 g/mol. The van der Waals surface area contributed by atoms with E-state index >= 15 is 0 Å². The van der Waals surface area contributed by atoms with E-state index in [-0.39, 0.29) is 24.1 Å². The van der Waals surface area contributed by atoms with Crippen molar-refractivity contribution >= 4 is 51.4 Å². The Bertz CT molecular complexity index is 1360. The van der Waals surface area contributed by atoms with E-state index in [4.69, 9.17) is 4.74 Å². The molecule has 0 aliphatic heterocycles. The smallest absolute Gasteiger partial charge is 0.311 e. The van der Waals surface area contributed by atoms with Gasteiger partial charge in [0.25, 0.3) is 0 Å². The van der Waals surface area contributed by atoms with Gasteiger partial charge in [-0.05, 0) is 33.3 Å². The average Bonchev–Trinajstić information content (AvgIpc) is 3.56. The second kappa shape index (κ2) is 11.8. The molecule has 0 unspecified atom stereocenters. The van der Waals surface area contributed by atoms with Gasteiger partial charge in [0.2, 0.25) is 5.91 Å². The van der Waals surface area contributed by atoms with Gasteiger partial charge >= 0.3 is 5.97 Å². The quantitative estimate of drug-likeness (QED) is 0.206. The van der Waals surface area contributed by atoms with E-state index in [9.17, 15) is 9.59 Å². The summed E-state index contributed by atoms with van der Waals surface area (Å²) in [6, 6.07) is 8.50. The Morgan fingerprint density at radius 3 is 2.58 bits per heavy atom. The molecule has 0 aliphatic rings. The predicted octanol–water partition coefficient (Wildman–Crippen LogP) is 5.60. The van der Waals surface area contributed by atoms with Gasteiger partial charge in [-0.25, -0.2) is 4.98 Å². The highest BCUT2D eigenvalue weighted by Gasteiger charge is 2.20. The molecule has 3 aromatic heterocycles. The lowest BCUT2D eigenvalue weighted by atomic mass is 10.0. The van der Waals surface area contributed by atoms with Crippen molar-refractivity contribution in [3.63, 3.8) is 0 Å². The number of hydrogen-bond donors (Lipinski definition) is 1. The van der Waals surface area contributed by atoms with Gasteiger partial charge in [-0.3, -0.25) is 9.59 Å². The number of nitrogens with zero attached hydrogens (tertiary/aromatic N) is 4. The summed E-state index contributed by atoms with van der Waals surface area (Å²) in [5.74, 6) is 0.426. The van der Waals surface area contributed by atoms with Crippen LogP contribution in [0.1, 0.15) is 30.0 Å². The average molecular weight is 542 g/mol. The molecule has 4 rings (SSSR count). The maximum absolute atomic E-state index is 12.6. The van der Waals surface area contributed by atoms with Crippen molar-refractivity contribution in [2.45, 2.75) is 45.8 Å². The summed E-state index contributed by atoms with van der Waals surface area (Å²) in [6.45, 7) is 9.00. The zero-order valence-electron chi connectivity index (χ0n) is 20.5. The summed E-state index contributed by atoms with van der Waals surface area (Å²) < 4.78 is 6.98. The van der Waals surface area contributed by atoms with Crippen molar-refractivity contribution in [3.05, 3.63) is 51.2 Å². The Hall–Kier alpha value is -3.02. The minimum atomic E-state index is -0.336. The third-order valence-corrected chi connectivity index (χ3v) is 8.03. The zero-order valence-corrected chi connectivity index (χ0v) is 23.0. The molecular formula is C25H27N5O3S3. The van der Waals surface area contributed by atoms with E-state index in [2.05, 4.69) is 64.0 Å². The van der Waals surface area contributed by atoms with Crippen LogP contribution in [0.15, 0.2) is 40.2 Å². The van der Waals surface area contributed by atoms with Gasteiger partial charge in [-0.15, -0.1) is 32.9 Å². The topological polar surface area (TPSA) is 99.0 Å². The zero-order chi connectivity index (χ0) is 25.7. The van der Waals surface area contributed by atoms with E-state index in [1.807, 2.05) is 11.5 Å². The van der Waals surface area contributed by atoms with Gasteiger partial charge < -0.3 is 14.6 Å². The van der Waals surface area contributed by atoms with Crippen LogP contribution in [0.2, 0.25) is 0 Å². The number of ether oxygens (including phenoxy) is 1. The van der Waals surface area contributed by atoms with Crippen molar-refractivity contribution in [2.24, 2.45) is 0 Å². The number of carbonyl (C=O) groups excluding carboxylic acids is 2. The number of rotatable bonds is 10. The Kier molecular flexibility index (Phi) is 8.55. The summed E-state index contributed by atoms with van der Waals surface area (Å²) in [5, 5.41) is 16.7. The van der Waals surface area contributed by atoms with Crippen LogP contribution < -0.4 is 5.32 Å². The van der Waals surface area contributed by atoms with Gasteiger partial charge in [0.05, 0.1) is 24.5 Å². The highest BCUT2D eigenvalue weighted by molar-refractivity contribution is 7.99. The lowest BCUT2D eigenvalue weighted by Gasteiger charge is -2.09. The number of esters is 1. The summed E-state index contributed by atoms with van der Waals surface area (Å²) in [6.07, 6.45) is 0.0873. The number of carbonyl (C=O) groups is 2. The predicted molar refractivity (Wildman–Crippen MR) is 146 cm³/mol. The van der Waals surface area contributed by atoms with E-state index in [1.54, 1.807) is 23.6 Å². The second-order valence-electron chi connectivity index (χ2n) is 7.96. The van der Waals surface area contributed by atoms with Crippen molar-refractivity contribution in [1.82, 2.24) is 19.7 Å². The van der Waals surface area contributed by atoms with E-state index in [0.717, 1.165) is 17.0 Å². The molecule has 0 saturated carbocycles. The normalized spacial score (nSPS) is 11.0. The maximum atomic E-state index is 12.6. The van der Waals surface area contributed by atoms with Gasteiger partial charge in [-0.2, -0.15) is 0 Å². The molecule has 3 heterocycles. The minimum absolute atomic E-state index is 0.0873. The molecule has 0 fully saturated rings. The molecule has 11 heteroatoms. The molecule has 0 spiro atoms. The minimum Gasteiger partial charge on any atom is -0.466 e.